The van der Waals surface area contributed by atoms with Crippen molar-refractivity contribution in [2.24, 2.45) is 5.92 Å². The summed E-state index contributed by atoms with van der Waals surface area (Å²) >= 11 is 6.24. The van der Waals surface area contributed by atoms with Crippen LogP contribution in [0.4, 0.5) is 0 Å². The van der Waals surface area contributed by atoms with Gasteiger partial charge in [0.1, 0.15) is 6.61 Å². The number of nitrogens with one attached hydrogen (secondary N) is 2. The first-order valence-corrected chi connectivity index (χ1v) is 9.41. The van der Waals surface area contributed by atoms with Crippen LogP contribution in [-0.4, -0.2) is 43.6 Å². The van der Waals surface area contributed by atoms with E-state index in [9.17, 15) is 14.4 Å². The molecule has 2 atom stereocenters. The van der Waals surface area contributed by atoms with E-state index in [-0.39, 0.29) is 36.4 Å². The molecule has 1 saturated heterocycles. The number of amides is 2. The smallest absolute Gasteiger partial charge is 0.308 e. The molecule has 0 aromatic heterocycles. The van der Waals surface area contributed by atoms with Crippen molar-refractivity contribution in [3.8, 4) is 0 Å². The third-order valence-corrected chi connectivity index (χ3v) is 5.46. The summed E-state index contributed by atoms with van der Waals surface area (Å²) in [5.74, 6) is -0.884. The summed E-state index contributed by atoms with van der Waals surface area (Å²) in [5, 5.41) is 6.25. The third-order valence-electron chi connectivity index (χ3n) is 5.12. The van der Waals surface area contributed by atoms with Crippen molar-refractivity contribution in [3.05, 3.63) is 34.9 Å². The Morgan fingerprint density at radius 1 is 1.22 bits per heavy atom. The Bertz CT molecular complexity index is 718. The van der Waals surface area contributed by atoms with Gasteiger partial charge in [0.15, 0.2) is 6.10 Å². The molecule has 0 radical (unpaired) electrons. The molecule has 0 bridgehead atoms. The Kier molecular flexibility index (Phi) is 6.34. The van der Waals surface area contributed by atoms with E-state index in [2.05, 4.69) is 10.6 Å². The molecule has 1 aliphatic carbocycles. The molecule has 2 aliphatic rings. The molecule has 1 heterocycles. The van der Waals surface area contributed by atoms with Crippen LogP contribution >= 0.6 is 11.6 Å². The average Bonchev–Trinajstić information content (AvgIpc) is 2.68. The summed E-state index contributed by atoms with van der Waals surface area (Å²) < 4.78 is 10.3. The summed E-state index contributed by atoms with van der Waals surface area (Å²) in [6, 6.07) is 6.37. The van der Waals surface area contributed by atoms with Crippen molar-refractivity contribution >= 4 is 29.4 Å². The van der Waals surface area contributed by atoms with Crippen LogP contribution < -0.4 is 10.6 Å². The van der Waals surface area contributed by atoms with E-state index in [0.29, 0.717) is 36.3 Å². The number of morpholine rings is 1. The summed E-state index contributed by atoms with van der Waals surface area (Å²) in [7, 11) is 1.39. The fourth-order valence-electron chi connectivity index (χ4n) is 3.67. The molecule has 2 fully saturated rings. The van der Waals surface area contributed by atoms with Gasteiger partial charge in [0.25, 0.3) is 5.91 Å². The fourth-order valence-corrected chi connectivity index (χ4v) is 3.92. The number of hydrogen-bond acceptors (Lipinski definition) is 5. The van der Waals surface area contributed by atoms with Gasteiger partial charge in [0, 0.05) is 11.1 Å². The zero-order chi connectivity index (χ0) is 19.4. The van der Waals surface area contributed by atoms with Gasteiger partial charge in [0.05, 0.1) is 19.1 Å². The van der Waals surface area contributed by atoms with E-state index in [1.807, 2.05) is 0 Å². The quantitative estimate of drug-likeness (QED) is 0.759. The Morgan fingerprint density at radius 2 is 1.93 bits per heavy atom. The van der Waals surface area contributed by atoms with Gasteiger partial charge < -0.3 is 20.1 Å². The van der Waals surface area contributed by atoms with Crippen LogP contribution in [0.15, 0.2) is 24.3 Å². The highest BCUT2D eigenvalue weighted by Gasteiger charge is 2.38. The number of esters is 1. The third kappa shape index (κ3) is 4.59. The van der Waals surface area contributed by atoms with Crippen LogP contribution in [-0.2, 0) is 23.9 Å². The monoisotopic (exact) mass is 394 g/mol. The van der Waals surface area contributed by atoms with Gasteiger partial charge in [0.2, 0.25) is 5.91 Å². The Labute approximate surface area is 162 Å². The van der Waals surface area contributed by atoms with E-state index in [4.69, 9.17) is 21.1 Å². The number of ether oxygens (including phenoxy) is 2. The predicted octanol–water partition coefficient (Wildman–Crippen LogP) is 1.74. The van der Waals surface area contributed by atoms with E-state index < -0.39 is 12.1 Å². The average molecular weight is 395 g/mol. The van der Waals surface area contributed by atoms with Crippen molar-refractivity contribution in [1.29, 1.82) is 0 Å². The Morgan fingerprint density at radius 3 is 2.59 bits per heavy atom. The minimum Gasteiger partial charge on any atom is -0.469 e. The highest BCUT2D eigenvalue weighted by molar-refractivity contribution is 6.31. The molecule has 2 amide bonds. The molecule has 0 unspecified atom stereocenters. The van der Waals surface area contributed by atoms with Crippen LogP contribution in [0.2, 0.25) is 5.02 Å². The molecule has 1 aliphatic heterocycles. The predicted molar refractivity (Wildman–Crippen MR) is 98.0 cm³/mol. The van der Waals surface area contributed by atoms with Crippen molar-refractivity contribution in [2.45, 2.75) is 43.9 Å². The molecule has 3 rings (SSSR count). The summed E-state index contributed by atoms with van der Waals surface area (Å²) in [6.45, 7) is -0.172. The maximum absolute atomic E-state index is 12.8. The molecule has 2 N–H and O–H groups in total. The van der Waals surface area contributed by atoms with Crippen LogP contribution in [0.1, 0.15) is 37.3 Å². The molecule has 146 valence electrons. The van der Waals surface area contributed by atoms with Crippen molar-refractivity contribution < 1.29 is 23.9 Å². The lowest BCUT2D eigenvalue weighted by Crippen LogP contribution is -2.54. The second-order valence-corrected chi connectivity index (χ2v) is 7.29. The number of rotatable bonds is 4. The van der Waals surface area contributed by atoms with E-state index in [1.165, 1.54) is 7.11 Å². The molecule has 1 aromatic carbocycles. The lowest BCUT2D eigenvalue weighted by molar-refractivity contribution is -0.148. The number of carbonyl (C=O) groups excluding carboxylic acids is 3. The lowest BCUT2D eigenvalue weighted by Gasteiger charge is -2.34. The Balaban J connectivity index is 1.65. The second-order valence-electron chi connectivity index (χ2n) is 6.88. The molecule has 27 heavy (non-hydrogen) atoms. The first-order chi connectivity index (χ1) is 13.0. The SMILES string of the molecule is COC(=O)C1CCC(NC(=O)[C@H]2OCC(=O)N[C@@H]2c2ccccc2Cl)CC1. The van der Waals surface area contributed by atoms with Crippen LogP contribution in [0.25, 0.3) is 0 Å². The van der Waals surface area contributed by atoms with Crippen LogP contribution in [0, 0.1) is 5.92 Å². The van der Waals surface area contributed by atoms with Crippen molar-refractivity contribution in [2.75, 3.05) is 13.7 Å². The zero-order valence-corrected chi connectivity index (χ0v) is 15.8. The number of carbonyl (C=O) groups is 3. The first-order valence-electron chi connectivity index (χ1n) is 9.03. The van der Waals surface area contributed by atoms with Gasteiger partial charge in [-0.15, -0.1) is 0 Å². The standard InChI is InChI=1S/C19H23ClN2O5/c1-26-19(25)11-6-8-12(9-7-11)21-18(24)17-16(22-15(23)10-27-17)13-4-2-3-5-14(13)20/h2-5,11-12,16-17H,6-10H2,1H3,(H,21,24)(H,22,23)/t11?,12?,16-,17+/m1/s1. The molecule has 1 aromatic rings. The Hall–Kier alpha value is -2.12. The molecular weight excluding hydrogens is 372 g/mol. The lowest BCUT2D eigenvalue weighted by atomic mass is 9.86. The number of halogens is 1. The summed E-state index contributed by atoms with van der Waals surface area (Å²) in [5.41, 5.74) is 0.641. The number of methoxy groups -OCH3 is 1. The van der Waals surface area contributed by atoms with E-state index in [0.717, 1.165) is 0 Å². The number of benzene rings is 1. The van der Waals surface area contributed by atoms with Crippen LogP contribution in [0.3, 0.4) is 0 Å². The highest BCUT2D eigenvalue weighted by Crippen LogP contribution is 2.30. The van der Waals surface area contributed by atoms with Crippen molar-refractivity contribution in [3.63, 3.8) is 0 Å². The molecule has 1 saturated carbocycles. The van der Waals surface area contributed by atoms with Gasteiger partial charge in [-0.1, -0.05) is 29.8 Å². The minimum absolute atomic E-state index is 0.0356. The maximum atomic E-state index is 12.8. The first kappa shape index (κ1) is 19.6. The van der Waals surface area contributed by atoms with Gasteiger partial charge in [-0.25, -0.2) is 0 Å². The van der Waals surface area contributed by atoms with Crippen molar-refractivity contribution in [1.82, 2.24) is 10.6 Å². The van der Waals surface area contributed by atoms with Gasteiger partial charge in [-0.2, -0.15) is 0 Å². The minimum atomic E-state index is -0.860. The summed E-state index contributed by atoms with van der Waals surface area (Å²) in [6.07, 6.45) is 1.88. The van der Waals surface area contributed by atoms with Gasteiger partial charge >= 0.3 is 5.97 Å². The maximum Gasteiger partial charge on any atom is 0.308 e. The van der Waals surface area contributed by atoms with Gasteiger partial charge in [-0.05, 0) is 37.3 Å². The van der Waals surface area contributed by atoms with E-state index in [1.54, 1.807) is 24.3 Å². The molecule has 0 spiro atoms. The molecular formula is C19H23ClN2O5. The highest BCUT2D eigenvalue weighted by atomic mass is 35.5. The topological polar surface area (TPSA) is 93.7 Å². The normalized spacial score (nSPS) is 28.1. The number of hydrogen-bond donors (Lipinski definition) is 2. The fraction of sp³-hybridized carbons (Fsp3) is 0.526. The zero-order valence-electron chi connectivity index (χ0n) is 15.1. The molecule has 8 heteroatoms. The molecule has 7 nitrogen and oxygen atoms in total. The largest absolute Gasteiger partial charge is 0.469 e. The van der Waals surface area contributed by atoms with Gasteiger partial charge in [-0.3, -0.25) is 14.4 Å². The van der Waals surface area contributed by atoms with Crippen LogP contribution in [0.5, 0.6) is 0 Å². The summed E-state index contributed by atoms with van der Waals surface area (Å²) in [4.78, 5) is 36.2. The second kappa shape index (κ2) is 8.71. The van der Waals surface area contributed by atoms with E-state index >= 15 is 0 Å².